The van der Waals surface area contributed by atoms with Crippen molar-refractivity contribution in [1.29, 1.82) is 0 Å². The van der Waals surface area contributed by atoms with Crippen molar-refractivity contribution in [2.45, 2.75) is 65.1 Å². The molecule has 0 unspecified atom stereocenters. The van der Waals surface area contributed by atoms with Gasteiger partial charge < -0.3 is 25.4 Å². The van der Waals surface area contributed by atoms with Crippen LogP contribution in [0.4, 0.5) is 8.78 Å². The van der Waals surface area contributed by atoms with Gasteiger partial charge in [-0.1, -0.05) is 31.4 Å². The van der Waals surface area contributed by atoms with Gasteiger partial charge in [0.05, 0.1) is 19.7 Å². The lowest BCUT2D eigenvalue weighted by Crippen LogP contribution is -2.46. The zero-order valence-electron chi connectivity index (χ0n) is 18.1. The Hall–Kier alpha value is -1.85. The average molecular weight is 554 g/mol. The third-order valence-corrected chi connectivity index (χ3v) is 4.71. The Morgan fingerprint density at radius 3 is 2.58 bits per heavy atom. The Balaban J connectivity index is 0.00000480. The Morgan fingerprint density at radius 2 is 1.94 bits per heavy atom. The number of hydrogen-bond donors (Lipinski definition) is 3. The largest absolute Gasteiger partial charge is 0.490 e. The Kier molecular flexibility index (Phi) is 13.2. The van der Waals surface area contributed by atoms with Gasteiger partial charge >= 0.3 is 6.61 Å². The van der Waals surface area contributed by atoms with Crippen molar-refractivity contribution < 1.29 is 23.0 Å². The topological polar surface area (TPSA) is 84.0 Å². The molecular weight excluding hydrogens is 521 g/mol. The monoisotopic (exact) mass is 554 g/mol. The number of nitrogens with zero attached hydrogens (tertiary/aromatic N) is 1. The maximum Gasteiger partial charge on any atom is 0.387 e. The van der Waals surface area contributed by atoms with Crippen molar-refractivity contribution in [2.75, 3.05) is 19.7 Å². The number of hydrogen-bond acceptors (Lipinski definition) is 4. The fourth-order valence-electron chi connectivity index (χ4n) is 3.37. The van der Waals surface area contributed by atoms with E-state index in [1.54, 1.807) is 25.1 Å². The van der Waals surface area contributed by atoms with Crippen molar-refractivity contribution in [3.8, 4) is 11.5 Å². The van der Waals surface area contributed by atoms with Crippen LogP contribution in [0.3, 0.4) is 0 Å². The molecule has 1 aromatic rings. The highest BCUT2D eigenvalue weighted by molar-refractivity contribution is 14.0. The quantitative estimate of drug-likeness (QED) is 0.233. The summed E-state index contributed by atoms with van der Waals surface area (Å²) in [5.41, 5.74) is 0.463. The molecule has 1 amide bonds. The van der Waals surface area contributed by atoms with E-state index in [4.69, 9.17) is 4.74 Å². The lowest BCUT2D eigenvalue weighted by Gasteiger charge is -2.23. The van der Waals surface area contributed by atoms with Gasteiger partial charge in [-0.2, -0.15) is 8.78 Å². The normalized spacial score (nSPS) is 14.5. The summed E-state index contributed by atoms with van der Waals surface area (Å²) in [5.74, 6) is 0.549. The molecule has 0 atom stereocenters. The molecule has 0 spiro atoms. The van der Waals surface area contributed by atoms with E-state index in [9.17, 15) is 13.6 Å². The van der Waals surface area contributed by atoms with Crippen LogP contribution in [-0.4, -0.2) is 44.2 Å². The van der Waals surface area contributed by atoms with Gasteiger partial charge in [0.1, 0.15) is 0 Å². The molecule has 1 saturated carbocycles. The average Bonchev–Trinajstić information content (AvgIpc) is 2.72. The fraction of sp³-hybridized carbons (Fsp3) is 0.619. The Morgan fingerprint density at radius 1 is 1.19 bits per heavy atom. The van der Waals surface area contributed by atoms with E-state index in [0.29, 0.717) is 24.7 Å². The fourth-order valence-corrected chi connectivity index (χ4v) is 3.37. The molecule has 1 aliphatic rings. The first-order valence-electron chi connectivity index (χ1n) is 10.5. The van der Waals surface area contributed by atoms with E-state index in [0.717, 1.165) is 25.7 Å². The van der Waals surface area contributed by atoms with Gasteiger partial charge in [0.15, 0.2) is 17.5 Å². The third kappa shape index (κ3) is 9.88. The van der Waals surface area contributed by atoms with Crippen LogP contribution >= 0.6 is 24.0 Å². The second-order valence-corrected chi connectivity index (χ2v) is 7.01. The molecule has 2 rings (SSSR count). The number of rotatable bonds is 10. The number of aliphatic imine (C=N–C) groups is 1. The number of amides is 1. The molecule has 0 bridgehead atoms. The van der Waals surface area contributed by atoms with E-state index in [2.05, 4.69) is 25.7 Å². The summed E-state index contributed by atoms with van der Waals surface area (Å²) in [6.07, 6.45) is 5.55. The molecule has 31 heavy (non-hydrogen) atoms. The van der Waals surface area contributed by atoms with Crippen molar-refractivity contribution in [3.05, 3.63) is 23.8 Å². The van der Waals surface area contributed by atoms with Gasteiger partial charge in [0, 0.05) is 18.2 Å². The van der Waals surface area contributed by atoms with Crippen LogP contribution in [0.2, 0.25) is 0 Å². The molecular formula is C21H33F2IN4O3. The molecule has 0 heterocycles. The van der Waals surface area contributed by atoms with Crippen molar-refractivity contribution in [3.63, 3.8) is 0 Å². The third-order valence-electron chi connectivity index (χ3n) is 4.71. The van der Waals surface area contributed by atoms with Crippen LogP contribution in [0.1, 0.15) is 51.5 Å². The minimum atomic E-state index is -2.97. The van der Waals surface area contributed by atoms with Gasteiger partial charge in [-0.05, 0) is 32.8 Å². The maximum absolute atomic E-state index is 12.9. The van der Waals surface area contributed by atoms with Crippen LogP contribution in [0.5, 0.6) is 11.5 Å². The molecule has 10 heteroatoms. The maximum atomic E-state index is 12.9. The molecule has 176 valence electrons. The number of alkyl halides is 2. The predicted octanol–water partition coefficient (Wildman–Crippen LogP) is 3.81. The summed E-state index contributed by atoms with van der Waals surface area (Å²) in [4.78, 5) is 16.6. The summed E-state index contributed by atoms with van der Waals surface area (Å²) in [5, 5.41) is 9.08. The van der Waals surface area contributed by atoms with E-state index in [1.807, 2.05) is 6.92 Å². The molecule has 0 radical (unpaired) electrons. The predicted molar refractivity (Wildman–Crippen MR) is 127 cm³/mol. The molecule has 1 aliphatic carbocycles. The van der Waals surface area contributed by atoms with Gasteiger partial charge in [-0.15, -0.1) is 24.0 Å². The summed E-state index contributed by atoms with van der Waals surface area (Å²) in [7, 11) is 0. The highest BCUT2D eigenvalue weighted by atomic mass is 127. The number of nitrogens with one attached hydrogen (secondary N) is 3. The molecule has 0 saturated heterocycles. The zero-order valence-corrected chi connectivity index (χ0v) is 20.4. The summed E-state index contributed by atoms with van der Waals surface area (Å²) in [6.45, 7) is 1.79. The number of guanidine groups is 1. The van der Waals surface area contributed by atoms with E-state index < -0.39 is 6.61 Å². The number of para-hydroxylation sites is 1. The van der Waals surface area contributed by atoms with Crippen LogP contribution < -0.4 is 25.4 Å². The van der Waals surface area contributed by atoms with Crippen LogP contribution in [0.25, 0.3) is 0 Å². The lowest BCUT2D eigenvalue weighted by molar-refractivity contribution is -0.120. The van der Waals surface area contributed by atoms with Crippen LogP contribution in [0.15, 0.2) is 23.2 Å². The van der Waals surface area contributed by atoms with E-state index in [-0.39, 0.29) is 60.5 Å². The molecule has 0 aromatic heterocycles. The Bertz CT molecular complexity index is 701. The van der Waals surface area contributed by atoms with E-state index >= 15 is 0 Å². The first-order valence-corrected chi connectivity index (χ1v) is 10.5. The minimum Gasteiger partial charge on any atom is -0.490 e. The molecule has 1 aromatic carbocycles. The van der Waals surface area contributed by atoms with Gasteiger partial charge in [-0.25, -0.2) is 4.99 Å². The molecule has 0 aliphatic heterocycles. The van der Waals surface area contributed by atoms with Crippen molar-refractivity contribution >= 4 is 35.8 Å². The summed E-state index contributed by atoms with van der Waals surface area (Å²) >= 11 is 0. The zero-order chi connectivity index (χ0) is 21.8. The van der Waals surface area contributed by atoms with Gasteiger partial charge in [-0.3, -0.25) is 4.79 Å². The second-order valence-electron chi connectivity index (χ2n) is 7.01. The highest BCUT2D eigenvalue weighted by Gasteiger charge is 2.17. The van der Waals surface area contributed by atoms with Crippen LogP contribution in [-0.2, 0) is 11.3 Å². The van der Waals surface area contributed by atoms with E-state index in [1.165, 1.54) is 6.42 Å². The number of ether oxygens (including phenoxy) is 2. The van der Waals surface area contributed by atoms with Crippen LogP contribution in [0, 0.1) is 0 Å². The second kappa shape index (κ2) is 15.0. The Labute approximate surface area is 199 Å². The van der Waals surface area contributed by atoms with Gasteiger partial charge in [0.2, 0.25) is 5.91 Å². The number of halogens is 3. The van der Waals surface area contributed by atoms with Crippen molar-refractivity contribution in [1.82, 2.24) is 16.0 Å². The smallest absolute Gasteiger partial charge is 0.387 e. The molecule has 3 N–H and O–H groups in total. The summed E-state index contributed by atoms with van der Waals surface area (Å²) in [6, 6.07) is 5.17. The van der Waals surface area contributed by atoms with Crippen molar-refractivity contribution in [2.24, 2.45) is 4.99 Å². The lowest BCUT2D eigenvalue weighted by atomic mass is 9.95. The summed E-state index contributed by atoms with van der Waals surface area (Å²) < 4.78 is 35.8. The highest BCUT2D eigenvalue weighted by Crippen LogP contribution is 2.33. The standard InChI is InChI=1S/C21H32F2N4O3.HI/c1-3-24-21(26-14-18(28)27-16-10-6-5-7-11-16)25-13-15-9-8-12-17(29-4-2)19(15)30-20(22)23;/h8-9,12,16,20H,3-7,10-11,13-14H2,1-2H3,(H,27,28)(H2,24,25,26);1H. The first-order chi connectivity index (χ1) is 14.5. The number of carbonyl (C=O) groups is 1. The first kappa shape index (κ1) is 27.2. The molecule has 1 fully saturated rings. The minimum absolute atomic E-state index is 0. The molecule has 7 nitrogen and oxygen atoms in total. The number of carbonyl (C=O) groups excluding carboxylic acids is 1. The number of benzene rings is 1. The SMILES string of the molecule is CCNC(=NCc1cccc(OCC)c1OC(F)F)NCC(=O)NC1CCCCC1.I. The van der Waals surface area contributed by atoms with Gasteiger partial charge in [0.25, 0.3) is 0 Å².